The number of fused-ring (bicyclic) bond motifs is 9. The van der Waals surface area contributed by atoms with Gasteiger partial charge in [-0.15, -0.1) is 0 Å². The van der Waals surface area contributed by atoms with E-state index in [-0.39, 0.29) is 6.71 Å². The summed E-state index contributed by atoms with van der Waals surface area (Å²) in [6.07, 6.45) is 1.91. The van der Waals surface area contributed by atoms with Gasteiger partial charge in [0.25, 0.3) is 6.71 Å². The van der Waals surface area contributed by atoms with E-state index in [1.165, 1.54) is 10.9 Å². The fourth-order valence-corrected chi connectivity index (χ4v) is 10.1. The Balaban J connectivity index is 0.985. The third kappa shape index (κ3) is 5.97. The Hall–Kier alpha value is -8.68. The standard InChI is InChI=1S/C58H38BN5O/c1-4-18-41(19-5-1)59(42-20-6-2-7-21-42)55-35-36-60-58(61-55)64-48-27-12-10-25-45(48)46-32-34-52-56(57(46)64)47-26-11-13-28-49(47)63(52)44-24-16-17-39(37-44)40-31-33-51-54(38-40)65-53-30-15-14-29-50(53)62(51)43-22-8-3-9-23-43/h1-38H. The quantitative estimate of drug-likeness (QED) is 0.150. The predicted octanol–water partition coefficient (Wildman–Crippen LogP) is 12.4. The maximum atomic E-state index is 6.63. The zero-order valence-corrected chi connectivity index (χ0v) is 35.2. The fraction of sp³-hybridized carbons (Fsp3) is 0. The van der Waals surface area contributed by atoms with Crippen molar-refractivity contribution in [1.29, 1.82) is 0 Å². The van der Waals surface area contributed by atoms with Crippen LogP contribution in [-0.2, 0) is 0 Å². The Morgan fingerprint density at radius 2 is 1.05 bits per heavy atom. The van der Waals surface area contributed by atoms with Crippen molar-refractivity contribution in [2.45, 2.75) is 0 Å². The molecule has 0 saturated carbocycles. The van der Waals surface area contributed by atoms with Gasteiger partial charge in [0.1, 0.15) is 0 Å². The molecule has 7 heteroatoms. The molecule has 1 aliphatic heterocycles. The lowest BCUT2D eigenvalue weighted by molar-refractivity contribution is 0.477. The minimum atomic E-state index is -0.0678. The van der Waals surface area contributed by atoms with Gasteiger partial charge in [0.2, 0.25) is 5.95 Å². The molecule has 65 heavy (non-hydrogen) atoms. The Morgan fingerprint density at radius 3 is 1.83 bits per heavy atom. The lowest BCUT2D eigenvalue weighted by Gasteiger charge is -2.33. The number of para-hydroxylation sites is 5. The largest absolute Gasteiger partial charge is 0.453 e. The Kier molecular flexibility index (Phi) is 8.52. The van der Waals surface area contributed by atoms with Crippen LogP contribution in [0.3, 0.4) is 0 Å². The zero-order valence-electron chi connectivity index (χ0n) is 35.2. The van der Waals surface area contributed by atoms with Crippen molar-refractivity contribution in [3.63, 3.8) is 0 Å². The van der Waals surface area contributed by atoms with E-state index in [2.05, 4.69) is 220 Å². The van der Waals surface area contributed by atoms with E-state index in [9.17, 15) is 0 Å². The predicted molar refractivity (Wildman–Crippen MR) is 268 cm³/mol. The molecule has 0 saturated heterocycles. The monoisotopic (exact) mass is 831 g/mol. The van der Waals surface area contributed by atoms with E-state index in [0.29, 0.717) is 5.95 Å². The summed E-state index contributed by atoms with van der Waals surface area (Å²) >= 11 is 0. The molecule has 304 valence electrons. The first kappa shape index (κ1) is 36.9. The molecule has 0 fully saturated rings. The first-order chi connectivity index (χ1) is 32.3. The average Bonchev–Trinajstić information content (AvgIpc) is 3.90. The number of aromatic nitrogens is 4. The molecular formula is C58H38BN5O. The molecule has 0 N–H and O–H groups in total. The van der Waals surface area contributed by atoms with Crippen LogP contribution in [0.5, 0.6) is 11.5 Å². The second kappa shape index (κ2) is 15.0. The van der Waals surface area contributed by atoms with Crippen molar-refractivity contribution in [2.24, 2.45) is 0 Å². The van der Waals surface area contributed by atoms with Gasteiger partial charge < -0.3 is 14.2 Å². The van der Waals surface area contributed by atoms with Crippen molar-refractivity contribution in [3.8, 4) is 34.3 Å². The van der Waals surface area contributed by atoms with E-state index in [4.69, 9.17) is 14.7 Å². The van der Waals surface area contributed by atoms with Crippen LogP contribution in [0.2, 0.25) is 0 Å². The summed E-state index contributed by atoms with van der Waals surface area (Å²) < 4.78 is 11.3. The van der Waals surface area contributed by atoms with E-state index in [1.807, 2.05) is 24.4 Å². The summed E-state index contributed by atoms with van der Waals surface area (Å²) in [5.74, 6) is 2.28. The Labute approximate surface area is 376 Å². The first-order valence-corrected chi connectivity index (χ1v) is 22.0. The highest BCUT2D eigenvalue weighted by atomic mass is 16.5. The van der Waals surface area contributed by atoms with Gasteiger partial charge in [0, 0.05) is 44.7 Å². The second-order valence-electron chi connectivity index (χ2n) is 16.6. The summed E-state index contributed by atoms with van der Waals surface area (Å²) in [5, 5.41) is 4.62. The molecular weight excluding hydrogens is 793 g/mol. The third-order valence-corrected chi connectivity index (χ3v) is 12.9. The second-order valence-corrected chi connectivity index (χ2v) is 16.6. The van der Waals surface area contributed by atoms with E-state index in [1.54, 1.807) is 0 Å². The Bertz CT molecular complexity index is 3730. The molecule has 0 aliphatic carbocycles. The Morgan fingerprint density at radius 1 is 0.415 bits per heavy atom. The van der Waals surface area contributed by atoms with Gasteiger partial charge in [-0.05, 0) is 83.9 Å². The molecule has 12 aromatic rings. The van der Waals surface area contributed by atoms with Crippen molar-refractivity contribution in [1.82, 2.24) is 19.1 Å². The summed E-state index contributed by atoms with van der Waals surface area (Å²) in [5.41, 5.74) is 14.0. The van der Waals surface area contributed by atoms with Gasteiger partial charge in [-0.2, -0.15) is 0 Å². The lowest BCUT2D eigenvalue weighted by atomic mass is 9.38. The number of nitrogens with zero attached hydrogens (tertiary/aromatic N) is 5. The van der Waals surface area contributed by atoms with Crippen LogP contribution in [0.25, 0.3) is 66.4 Å². The lowest BCUT2D eigenvalue weighted by Crippen LogP contribution is -2.53. The molecule has 9 aromatic carbocycles. The number of benzene rings is 9. The normalized spacial score (nSPS) is 12.1. The summed E-state index contributed by atoms with van der Waals surface area (Å²) in [4.78, 5) is 12.8. The van der Waals surface area contributed by atoms with Crippen LogP contribution < -0.4 is 26.2 Å². The van der Waals surface area contributed by atoms with Gasteiger partial charge in [0.15, 0.2) is 11.5 Å². The highest BCUT2D eigenvalue weighted by molar-refractivity contribution is 6.95. The minimum absolute atomic E-state index is 0.0678. The topological polar surface area (TPSA) is 48.1 Å². The highest BCUT2D eigenvalue weighted by Gasteiger charge is 2.28. The van der Waals surface area contributed by atoms with Crippen molar-refractivity contribution in [2.75, 3.05) is 4.90 Å². The molecule has 1 aliphatic rings. The van der Waals surface area contributed by atoms with Crippen molar-refractivity contribution < 1.29 is 4.74 Å². The maximum absolute atomic E-state index is 6.63. The smallest absolute Gasteiger partial charge is 0.265 e. The SMILES string of the molecule is c1ccc(B(c2ccccc2)c2ccnc(-n3c4ccccc4c4ccc5c(c6ccccc6n5-c5cccc(-c6ccc7c(c6)Oc6ccccc6N7c6ccccc6)c5)c43)n2)cc1. The first-order valence-electron chi connectivity index (χ1n) is 22.0. The molecule has 0 atom stereocenters. The zero-order chi connectivity index (χ0) is 42.8. The average molecular weight is 832 g/mol. The number of rotatable bonds is 7. The molecule has 0 bridgehead atoms. The van der Waals surface area contributed by atoms with Crippen molar-refractivity contribution in [3.05, 3.63) is 231 Å². The van der Waals surface area contributed by atoms with Crippen LogP contribution >= 0.6 is 0 Å². The molecule has 13 rings (SSSR count). The van der Waals surface area contributed by atoms with Crippen LogP contribution in [-0.4, -0.2) is 25.8 Å². The minimum Gasteiger partial charge on any atom is -0.453 e. The third-order valence-electron chi connectivity index (χ3n) is 12.9. The van der Waals surface area contributed by atoms with Gasteiger partial charge in [-0.1, -0.05) is 163 Å². The fourth-order valence-electron chi connectivity index (χ4n) is 10.1. The van der Waals surface area contributed by atoms with E-state index in [0.717, 1.165) is 94.6 Å². The van der Waals surface area contributed by atoms with Crippen LogP contribution in [0.1, 0.15) is 0 Å². The molecule has 0 amide bonds. The number of anilines is 3. The van der Waals surface area contributed by atoms with Crippen LogP contribution in [0, 0.1) is 0 Å². The summed E-state index contributed by atoms with van der Waals surface area (Å²) in [7, 11) is 0. The summed E-state index contributed by atoms with van der Waals surface area (Å²) in [6, 6.07) is 79.3. The molecule has 0 spiro atoms. The number of hydrogen-bond donors (Lipinski definition) is 0. The molecule has 3 aromatic heterocycles. The van der Waals surface area contributed by atoms with Gasteiger partial charge in [-0.25, -0.2) is 9.97 Å². The van der Waals surface area contributed by atoms with Crippen LogP contribution in [0.15, 0.2) is 231 Å². The van der Waals surface area contributed by atoms with Gasteiger partial charge in [-0.3, -0.25) is 4.57 Å². The highest BCUT2D eigenvalue weighted by Crippen LogP contribution is 2.51. The molecule has 0 unspecified atom stereocenters. The number of ether oxygens (including phenoxy) is 1. The molecule has 6 nitrogen and oxygen atoms in total. The maximum Gasteiger partial charge on any atom is 0.265 e. The summed E-state index contributed by atoms with van der Waals surface area (Å²) in [6.45, 7) is -0.0678. The van der Waals surface area contributed by atoms with Gasteiger partial charge in [0.05, 0.1) is 33.4 Å². The van der Waals surface area contributed by atoms with E-state index >= 15 is 0 Å². The number of hydrogen-bond acceptors (Lipinski definition) is 4. The van der Waals surface area contributed by atoms with Gasteiger partial charge >= 0.3 is 0 Å². The molecule has 0 radical (unpaired) electrons. The van der Waals surface area contributed by atoms with E-state index < -0.39 is 0 Å². The van der Waals surface area contributed by atoms with Crippen molar-refractivity contribution >= 4 is 83.9 Å². The molecule has 4 heterocycles. The van der Waals surface area contributed by atoms with Crippen LogP contribution in [0.4, 0.5) is 17.1 Å².